The Bertz CT molecular complexity index is 326. The molecule has 2 N–H and O–H groups in total. The average Bonchev–Trinajstić information content (AvgIpc) is 2.26. The highest BCUT2D eigenvalue weighted by Crippen LogP contribution is 2.15. The first-order chi connectivity index (χ1) is 8.15. The third-order valence-corrected chi connectivity index (χ3v) is 3.26. The number of benzene rings is 1. The van der Waals surface area contributed by atoms with Crippen LogP contribution in [0.25, 0.3) is 0 Å². The number of nitrogens with one attached hydrogen (secondary N) is 1. The molecule has 1 unspecified atom stereocenters. The van der Waals surface area contributed by atoms with Crippen molar-refractivity contribution < 1.29 is 9.50 Å². The molecular weight excluding hydrogens is 285 g/mol. The molecule has 0 aliphatic carbocycles. The van der Waals surface area contributed by atoms with E-state index in [-0.39, 0.29) is 12.4 Å². The average molecular weight is 304 g/mol. The maximum Gasteiger partial charge on any atom is 0.124 e. The van der Waals surface area contributed by atoms with Crippen LogP contribution in [0.4, 0.5) is 4.39 Å². The summed E-state index contributed by atoms with van der Waals surface area (Å²) in [7, 11) is 0. The van der Waals surface area contributed by atoms with Crippen molar-refractivity contribution in [1.82, 2.24) is 5.32 Å². The van der Waals surface area contributed by atoms with Gasteiger partial charge in [-0.1, -0.05) is 29.3 Å². The monoisotopic (exact) mass is 303 g/mol. The van der Waals surface area contributed by atoms with Crippen molar-refractivity contribution in [2.45, 2.75) is 26.3 Å². The topological polar surface area (TPSA) is 32.3 Å². The first-order valence-electron chi connectivity index (χ1n) is 5.92. The van der Waals surface area contributed by atoms with Gasteiger partial charge in [0.1, 0.15) is 5.82 Å². The lowest BCUT2D eigenvalue weighted by molar-refractivity contribution is 0.251. The van der Waals surface area contributed by atoms with Gasteiger partial charge in [0.15, 0.2) is 0 Å². The molecule has 0 aromatic heterocycles. The molecule has 0 aliphatic rings. The first kappa shape index (κ1) is 14.6. The van der Waals surface area contributed by atoms with Gasteiger partial charge in [0, 0.05) is 17.6 Å². The van der Waals surface area contributed by atoms with E-state index in [0.717, 1.165) is 29.4 Å². The zero-order chi connectivity index (χ0) is 12.7. The van der Waals surface area contributed by atoms with E-state index < -0.39 is 0 Å². The van der Waals surface area contributed by atoms with Crippen molar-refractivity contribution in [2.75, 3.05) is 13.2 Å². The van der Waals surface area contributed by atoms with Crippen molar-refractivity contribution in [3.63, 3.8) is 0 Å². The summed E-state index contributed by atoms with van der Waals surface area (Å²) in [5.41, 5.74) is 0.927. The van der Waals surface area contributed by atoms with Crippen LogP contribution in [0.5, 0.6) is 0 Å². The number of aliphatic hydroxyl groups excluding tert-OH is 1. The standard InChI is InChI=1S/C13H19BrFNO/c1-2-10(3-4-17)8-16-9-11-5-12(14)7-13(15)6-11/h5-7,10,16-17H,2-4,8-9H2,1H3. The van der Waals surface area contributed by atoms with E-state index in [1.807, 2.05) is 6.07 Å². The lowest BCUT2D eigenvalue weighted by atomic mass is 10.0. The maximum absolute atomic E-state index is 13.1. The molecule has 0 spiro atoms. The van der Waals surface area contributed by atoms with Gasteiger partial charge in [0.05, 0.1) is 0 Å². The second kappa shape index (κ2) is 7.80. The Kier molecular flexibility index (Phi) is 6.70. The van der Waals surface area contributed by atoms with E-state index in [4.69, 9.17) is 5.11 Å². The van der Waals surface area contributed by atoms with E-state index in [1.165, 1.54) is 12.1 Å². The molecule has 2 nitrogen and oxygen atoms in total. The van der Waals surface area contributed by atoms with Crippen molar-refractivity contribution in [1.29, 1.82) is 0 Å². The lowest BCUT2D eigenvalue weighted by Gasteiger charge is -2.14. The van der Waals surface area contributed by atoms with Crippen LogP contribution >= 0.6 is 15.9 Å². The summed E-state index contributed by atoms with van der Waals surface area (Å²) in [6.07, 6.45) is 1.86. The van der Waals surface area contributed by atoms with Gasteiger partial charge in [-0.25, -0.2) is 4.39 Å². The van der Waals surface area contributed by atoms with Gasteiger partial charge in [-0.05, 0) is 42.6 Å². The van der Waals surface area contributed by atoms with Crippen LogP contribution < -0.4 is 5.32 Å². The Balaban J connectivity index is 2.39. The van der Waals surface area contributed by atoms with Gasteiger partial charge in [0.25, 0.3) is 0 Å². The fourth-order valence-corrected chi connectivity index (χ4v) is 2.28. The minimum absolute atomic E-state index is 0.224. The quantitative estimate of drug-likeness (QED) is 0.811. The Morgan fingerprint density at radius 2 is 2.18 bits per heavy atom. The van der Waals surface area contributed by atoms with Crippen molar-refractivity contribution in [3.8, 4) is 0 Å². The predicted molar refractivity (Wildman–Crippen MR) is 71.3 cm³/mol. The van der Waals surface area contributed by atoms with E-state index in [1.54, 1.807) is 0 Å². The molecule has 1 rings (SSSR count). The van der Waals surface area contributed by atoms with Crippen molar-refractivity contribution in [3.05, 3.63) is 34.1 Å². The minimum atomic E-state index is -0.224. The molecule has 0 aliphatic heterocycles. The summed E-state index contributed by atoms with van der Waals surface area (Å²) in [6.45, 7) is 3.84. The van der Waals surface area contributed by atoms with Crippen LogP contribution in [-0.2, 0) is 6.54 Å². The van der Waals surface area contributed by atoms with E-state index in [2.05, 4.69) is 28.2 Å². The molecule has 1 atom stereocenters. The SMILES string of the molecule is CCC(CCO)CNCc1cc(F)cc(Br)c1. The van der Waals surface area contributed by atoms with Crippen LogP contribution in [0.1, 0.15) is 25.3 Å². The molecule has 17 heavy (non-hydrogen) atoms. The summed E-state index contributed by atoms with van der Waals surface area (Å²) in [5.74, 6) is 0.260. The molecule has 0 amide bonds. The van der Waals surface area contributed by atoms with E-state index in [0.29, 0.717) is 12.5 Å². The Morgan fingerprint density at radius 1 is 1.41 bits per heavy atom. The summed E-state index contributed by atoms with van der Waals surface area (Å²) in [6, 6.07) is 4.89. The maximum atomic E-state index is 13.1. The van der Waals surface area contributed by atoms with Crippen LogP contribution in [0.3, 0.4) is 0 Å². The van der Waals surface area contributed by atoms with Crippen LogP contribution in [0.2, 0.25) is 0 Å². The first-order valence-corrected chi connectivity index (χ1v) is 6.71. The van der Waals surface area contributed by atoms with Gasteiger partial charge >= 0.3 is 0 Å². The second-order valence-corrected chi connectivity index (χ2v) is 5.11. The highest BCUT2D eigenvalue weighted by atomic mass is 79.9. The highest BCUT2D eigenvalue weighted by Gasteiger charge is 2.05. The van der Waals surface area contributed by atoms with Crippen molar-refractivity contribution >= 4 is 15.9 Å². The third-order valence-electron chi connectivity index (χ3n) is 2.80. The Hall–Kier alpha value is -0.450. The largest absolute Gasteiger partial charge is 0.396 e. The smallest absolute Gasteiger partial charge is 0.124 e. The summed E-state index contributed by atoms with van der Waals surface area (Å²) in [5, 5.41) is 12.2. The molecule has 0 saturated heterocycles. The normalized spacial score (nSPS) is 12.7. The Labute approximate surface area is 110 Å². The zero-order valence-corrected chi connectivity index (χ0v) is 11.6. The van der Waals surface area contributed by atoms with Crippen molar-refractivity contribution in [2.24, 2.45) is 5.92 Å². The minimum Gasteiger partial charge on any atom is -0.396 e. The Morgan fingerprint density at radius 3 is 2.76 bits per heavy atom. The second-order valence-electron chi connectivity index (χ2n) is 4.20. The van der Waals surface area contributed by atoms with E-state index in [9.17, 15) is 4.39 Å². The number of hydrogen-bond donors (Lipinski definition) is 2. The molecule has 1 aromatic carbocycles. The van der Waals surface area contributed by atoms with Gasteiger partial charge in [0.2, 0.25) is 0 Å². The molecule has 1 aromatic rings. The molecule has 0 fully saturated rings. The molecular formula is C13H19BrFNO. The highest BCUT2D eigenvalue weighted by molar-refractivity contribution is 9.10. The fraction of sp³-hybridized carbons (Fsp3) is 0.538. The van der Waals surface area contributed by atoms with Crippen LogP contribution in [-0.4, -0.2) is 18.3 Å². The predicted octanol–water partition coefficient (Wildman–Crippen LogP) is 3.09. The molecule has 96 valence electrons. The number of rotatable bonds is 7. The molecule has 0 radical (unpaired) electrons. The molecule has 4 heteroatoms. The number of aliphatic hydroxyl groups is 1. The fourth-order valence-electron chi connectivity index (χ4n) is 1.77. The number of hydrogen-bond acceptors (Lipinski definition) is 2. The third kappa shape index (κ3) is 5.61. The molecule has 0 saturated carbocycles. The lowest BCUT2D eigenvalue weighted by Crippen LogP contribution is -2.23. The van der Waals surface area contributed by atoms with Gasteiger partial charge in [-0.15, -0.1) is 0 Å². The molecule has 0 bridgehead atoms. The molecule has 0 heterocycles. The van der Waals surface area contributed by atoms with Crippen LogP contribution in [0, 0.1) is 11.7 Å². The van der Waals surface area contributed by atoms with Gasteiger partial charge in [-0.3, -0.25) is 0 Å². The number of halogens is 2. The van der Waals surface area contributed by atoms with Crippen LogP contribution in [0.15, 0.2) is 22.7 Å². The summed E-state index contributed by atoms with van der Waals surface area (Å²) < 4.78 is 13.9. The van der Waals surface area contributed by atoms with Gasteiger partial charge < -0.3 is 10.4 Å². The zero-order valence-electron chi connectivity index (χ0n) is 10.0. The van der Waals surface area contributed by atoms with Gasteiger partial charge in [-0.2, -0.15) is 0 Å². The summed E-state index contributed by atoms with van der Waals surface area (Å²) >= 11 is 3.27. The van der Waals surface area contributed by atoms with E-state index >= 15 is 0 Å². The summed E-state index contributed by atoms with van der Waals surface area (Å²) in [4.78, 5) is 0.